The van der Waals surface area contributed by atoms with Gasteiger partial charge in [0.15, 0.2) is 6.29 Å². The average Bonchev–Trinajstić information content (AvgIpc) is 3.38. The average molecular weight is 1020 g/mol. The first-order chi connectivity index (χ1) is 35.3. The van der Waals surface area contributed by atoms with Gasteiger partial charge in [0, 0.05) is 6.42 Å². The van der Waals surface area contributed by atoms with E-state index in [9.17, 15) is 30.3 Å². The lowest BCUT2D eigenvalue weighted by atomic mass is 9.99. The predicted octanol–water partition coefficient (Wildman–Crippen LogP) is 16.1. The van der Waals surface area contributed by atoms with Crippen molar-refractivity contribution in [3.8, 4) is 0 Å². The monoisotopic (exact) mass is 1020 g/mol. The van der Waals surface area contributed by atoms with Crippen LogP contribution in [0.4, 0.5) is 0 Å². The molecule has 6 N–H and O–H groups in total. The Morgan fingerprint density at radius 2 is 0.819 bits per heavy atom. The number of allylic oxidation sites excluding steroid dienone is 4. The molecule has 1 amide bonds. The van der Waals surface area contributed by atoms with Crippen LogP contribution < -0.4 is 5.32 Å². The minimum atomic E-state index is -1.55. The van der Waals surface area contributed by atoms with E-state index in [1.54, 1.807) is 0 Å². The van der Waals surface area contributed by atoms with E-state index in [0.717, 1.165) is 44.9 Å². The number of hydrogen-bond donors (Lipinski definition) is 6. The molecule has 0 aliphatic carbocycles. The van der Waals surface area contributed by atoms with Gasteiger partial charge in [-0.05, 0) is 44.9 Å². The van der Waals surface area contributed by atoms with Gasteiger partial charge < -0.3 is 40.3 Å². The summed E-state index contributed by atoms with van der Waals surface area (Å²) in [6.45, 7) is 3.87. The van der Waals surface area contributed by atoms with Crippen LogP contribution in [0.25, 0.3) is 0 Å². The van der Waals surface area contributed by atoms with Crippen molar-refractivity contribution in [2.75, 3.05) is 13.2 Å². The van der Waals surface area contributed by atoms with Crippen LogP contribution in [-0.2, 0) is 14.3 Å². The van der Waals surface area contributed by atoms with Crippen LogP contribution in [0.1, 0.15) is 316 Å². The predicted molar refractivity (Wildman–Crippen MR) is 304 cm³/mol. The van der Waals surface area contributed by atoms with E-state index in [0.29, 0.717) is 12.8 Å². The summed E-state index contributed by atoms with van der Waals surface area (Å²) in [7, 11) is 0. The Morgan fingerprint density at radius 3 is 1.19 bits per heavy atom. The highest BCUT2D eigenvalue weighted by Crippen LogP contribution is 2.23. The molecular weight excluding hydrogens is 899 g/mol. The van der Waals surface area contributed by atoms with Crippen LogP contribution in [0.2, 0.25) is 0 Å². The molecule has 1 rings (SSSR count). The molecular formula is C63H121NO8. The van der Waals surface area contributed by atoms with Gasteiger partial charge in [-0.3, -0.25) is 4.79 Å². The highest BCUT2D eigenvalue weighted by molar-refractivity contribution is 5.76. The van der Waals surface area contributed by atoms with E-state index in [4.69, 9.17) is 9.47 Å². The van der Waals surface area contributed by atoms with Crippen molar-refractivity contribution in [1.82, 2.24) is 5.32 Å². The number of aliphatic hydroxyl groups is 5. The van der Waals surface area contributed by atoms with Crippen molar-refractivity contribution >= 4 is 5.91 Å². The Morgan fingerprint density at radius 1 is 0.472 bits per heavy atom. The topological polar surface area (TPSA) is 149 Å². The molecule has 0 aromatic rings. The molecule has 0 saturated carbocycles. The Bertz CT molecular complexity index is 1180. The minimum absolute atomic E-state index is 0.134. The van der Waals surface area contributed by atoms with Gasteiger partial charge in [-0.25, -0.2) is 0 Å². The summed E-state index contributed by atoms with van der Waals surface area (Å²) in [5.74, 6) is -0.139. The molecule has 426 valence electrons. The summed E-state index contributed by atoms with van der Waals surface area (Å²) in [4.78, 5) is 13.1. The van der Waals surface area contributed by atoms with Crippen molar-refractivity contribution in [3.05, 3.63) is 24.3 Å². The lowest BCUT2D eigenvalue weighted by molar-refractivity contribution is -0.302. The van der Waals surface area contributed by atoms with Crippen LogP contribution in [0.5, 0.6) is 0 Å². The van der Waals surface area contributed by atoms with Crippen molar-refractivity contribution in [3.63, 3.8) is 0 Å². The van der Waals surface area contributed by atoms with E-state index in [2.05, 4.69) is 43.5 Å². The fraction of sp³-hybridized carbons (Fsp3) is 0.921. The van der Waals surface area contributed by atoms with Crippen molar-refractivity contribution in [2.45, 2.75) is 358 Å². The van der Waals surface area contributed by atoms with Gasteiger partial charge in [-0.1, -0.05) is 289 Å². The molecule has 0 bridgehead atoms. The second-order valence-corrected chi connectivity index (χ2v) is 22.2. The van der Waals surface area contributed by atoms with Gasteiger partial charge in [-0.15, -0.1) is 0 Å². The molecule has 1 aliphatic heterocycles. The van der Waals surface area contributed by atoms with Crippen LogP contribution in [-0.4, -0.2) is 87.5 Å². The fourth-order valence-corrected chi connectivity index (χ4v) is 10.3. The summed E-state index contributed by atoms with van der Waals surface area (Å²) in [5.41, 5.74) is 0. The molecule has 1 aliphatic rings. The molecule has 7 atom stereocenters. The first kappa shape index (κ1) is 68.7. The number of unbranched alkanes of at least 4 members (excludes halogenated alkanes) is 41. The summed E-state index contributed by atoms with van der Waals surface area (Å²) in [6.07, 6.45) is 60.8. The highest BCUT2D eigenvalue weighted by atomic mass is 16.7. The summed E-state index contributed by atoms with van der Waals surface area (Å²) >= 11 is 0. The Kier molecular flexibility index (Phi) is 50.6. The van der Waals surface area contributed by atoms with E-state index >= 15 is 0 Å². The number of aliphatic hydroxyl groups excluding tert-OH is 5. The standard InChI is InChI=1S/C63H121NO8/c1-3-5-7-9-11-13-15-17-19-21-22-23-24-25-26-27-28-29-30-31-32-33-34-35-36-37-39-41-43-45-47-49-51-53-59(67)64-56(55-71-63-62(70)61(69)60(68)58(54-65)72-63)57(66)52-50-48-46-44-42-40-38-20-18-16-14-12-10-8-6-4-2/h22-23,25-26,56-58,60-63,65-66,68-70H,3-21,24,27-55H2,1-2H3,(H,64,67)/b23-22-,26-25-. The summed E-state index contributed by atoms with van der Waals surface area (Å²) in [6, 6.07) is -0.717. The highest BCUT2D eigenvalue weighted by Gasteiger charge is 2.44. The molecule has 0 spiro atoms. The maximum atomic E-state index is 13.1. The Balaban J connectivity index is 2.10. The number of carbonyl (C=O) groups is 1. The van der Waals surface area contributed by atoms with E-state index in [1.807, 2.05) is 0 Å². The number of amides is 1. The Hall–Kier alpha value is -1.33. The number of ether oxygens (including phenoxy) is 2. The summed E-state index contributed by atoms with van der Waals surface area (Å²) in [5, 5.41) is 54.7. The molecule has 9 heteroatoms. The largest absolute Gasteiger partial charge is 0.394 e. The first-order valence-electron chi connectivity index (χ1n) is 31.5. The van der Waals surface area contributed by atoms with Gasteiger partial charge >= 0.3 is 0 Å². The maximum Gasteiger partial charge on any atom is 0.220 e. The van der Waals surface area contributed by atoms with Crippen molar-refractivity contribution in [2.24, 2.45) is 0 Å². The Labute approximate surface area is 445 Å². The number of rotatable bonds is 55. The fourth-order valence-electron chi connectivity index (χ4n) is 10.3. The smallest absolute Gasteiger partial charge is 0.220 e. The zero-order chi connectivity index (χ0) is 52.2. The van der Waals surface area contributed by atoms with Gasteiger partial charge in [0.2, 0.25) is 5.91 Å². The van der Waals surface area contributed by atoms with Gasteiger partial charge in [0.05, 0.1) is 25.4 Å². The maximum absolute atomic E-state index is 13.1. The molecule has 1 heterocycles. The van der Waals surface area contributed by atoms with E-state index in [-0.39, 0.29) is 12.5 Å². The van der Waals surface area contributed by atoms with E-state index < -0.39 is 49.5 Å². The third kappa shape index (κ3) is 41.9. The molecule has 0 radical (unpaired) electrons. The second-order valence-electron chi connectivity index (χ2n) is 22.2. The zero-order valence-electron chi connectivity index (χ0n) is 47.5. The third-order valence-electron chi connectivity index (χ3n) is 15.3. The molecule has 1 fully saturated rings. The molecule has 7 unspecified atom stereocenters. The quantitative estimate of drug-likeness (QED) is 0.0261. The van der Waals surface area contributed by atoms with Gasteiger partial charge in [0.25, 0.3) is 0 Å². The molecule has 9 nitrogen and oxygen atoms in total. The number of carbonyl (C=O) groups excluding carboxylic acids is 1. The lowest BCUT2D eigenvalue weighted by Gasteiger charge is -2.40. The summed E-state index contributed by atoms with van der Waals surface area (Å²) < 4.78 is 11.3. The van der Waals surface area contributed by atoms with Crippen LogP contribution >= 0.6 is 0 Å². The SMILES string of the molecule is CCCCCCCCCCC/C=C\C/C=C\CCCCCCCCCCCCCCCCCCCC(=O)NC(COC1OC(CO)C(O)C(O)C1O)C(O)CCCCCCCCCCCCCCCCCC. The van der Waals surface area contributed by atoms with Crippen molar-refractivity contribution < 1.29 is 39.8 Å². The first-order valence-corrected chi connectivity index (χ1v) is 31.5. The van der Waals surface area contributed by atoms with Crippen LogP contribution in [0.3, 0.4) is 0 Å². The molecule has 0 aromatic heterocycles. The molecule has 1 saturated heterocycles. The van der Waals surface area contributed by atoms with Gasteiger partial charge in [0.1, 0.15) is 24.4 Å². The third-order valence-corrected chi connectivity index (χ3v) is 15.3. The number of hydrogen-bond acceptors (Lipinski definition) is 8. The van der Waals surface area contributed by atoms with Crippen molar-refractivity contribution in [1.29, 1.82) is 0 Å². The second kappa shape index (κ2) is 53.1. The zero-order valence-corrected chi connectivity index (χ0v) is 47.5. The van der Waals surface area contributed by atoms with Crippen LogP contribution in [0.15, 0.2) is 24.3 Å². The van der Waals surface area contributed by atoms with Gasteiger partial charge in [-0.2, -0.15) is 0 Å². The van der Waals surface area contributed by atoms with Crippen LogP contribution in [0, 0.1) is 0 Å². The number of nitrogens with one attached hydrogen (secondary N) is 1. The minimum Gasteiger partial charge on any atom is -0.394 e. The lowest BCUT2D eigenvalue weighted by Crippen LogP contribution is -2.60. The normalized spacial score (nSPS) is 19.2. The van der Waals surface area contributed by atoms with E-state index in [1.165, 1.54) is 244 Å². The molecule has 72 heavy (non-hydrogen) atoms. The molecule has 0 aromatic carbocycles.